The van der Waals surface area contributed by atoms with E-state index in [9.17, 15) is 9.59 Å². The number of amides is 1. The van der Waals surface area contributed by atoms with Gasteiger partial charge in [0.05, 0.1) is 17.0 Å². The number of hydrogen-bond donors (Lipinski definition) is 1. The van der Waals surface area contributed by atoms with E-state index >= 15 is 0 Å². The summed E-state index contributed by atoms with van der Waals surface area (Å²) >= 11 is 0. The van der Waals surface area contributed by atoms with Gasteiger partial charge in [0.25, 0.3) is 5.91 Å². The second kappa shape index (κ2) is 5.52. The van der Waals surface area contributed by atoms with Crippen LogP contribution < -0.4 is 0 Å². The number of carbonyl (C=O) groups excluding carboxylic acids is 1. The fraction of sp³-hybridized carbons (Fsp3) is 0.312. The molecule has 3 rings (SSSR count). The highest BCUT2D eigenvalue weighted by atomic mass is 16.4. The van der Waals surface area contributed by atoms with Gasteiger partial charge >= 0.3 is 5.97 Å². The molecule has 1 saturated heterocycles. The van der Waals surface area contributed by atoms with Gasteiger partial charge in [-0.1, -0.05) is 18.2 Å². The molecule has 0 bridgehead atoms. The maximum atomic E-state index is 12.7. The second-order valence-corrected chi connectivity index (χ2v) is 5.30. The third-order valence-corrected chi connectivity index (χ3v) is 3.94. The minimum Gasteiger partial charge on any atom is -0.481 e. The summed E-state index contributed by atoms with van der Waals surface area (Å²) in [6.45, 7) is 0.893. The van der Waals surface area contributed by atoms with E-state index in [2.05, 4.69) is 4.98 Å². The minimum atomic E-state index is -0.827. The lowest BCUT2D eigenvalue weighted by Gasteiger charge is -2.31. The average molecular weight is 284 g/mol. The predicted octanol–water partition coefficient (Wildman–Crippen LogP) is 2.17. The Bertz CT molecular complexity index is 693. The summed E-state index contributed by atoms with van der Waals surface area (Å²) in [5, 5.41) is 9.94. The number of pyridine rings is 1. The van der Waals surface area contributed by atoms with E-state index in [-0.39, 0.29) is 12.5 Å². The molecule has 1 aliphatic heterocycles. The fourth-order valence-corrected chi connectivity index (χ4v) is 2.82. The molecule has 5 nitrogen and oxygen atoms in total. The van der Waals surface area contributed by atoms with Gasteiger partial charge in [-0.25, -0.2) is 0 Å². The number of rotatable bonds is 2. The van der Waals surface area contributed by atoms with Crippen LogP contribution in [0, 0.1) is 5.92 Å². The van der Waals surface area contributed by atoms with Crippen LogP contribution in [0.4, 0.5) is 0 Å². The normalized spacial score (nSPS) is 18.7. The highest BCUT2D eigenvalue weighted by Gasteiger charge is 2.29. The first-order valence-electron chi connectivity index (χ1n) is 7.02. The van der Waals surface area contributed by atoms with Crippen molar-refractivity contribution in [3.63, 3.8) is 0 Å². The number of aromatic nitrogens is 1. The van der Waals surface area contributed by atoms with Gasteiger partial charge in [0.1, 0.15) is 0 Å². The van der Waals surface area contributed by atoms with Crippen molar-refractivity contribution in [1.82, 2.24) is 9.88 Å². The molecule has 2 heterocycles. The Labute approximate surface area is 122 Å². The average Bonchev–Trinajstić information content (AvgIpc) is 2.53. The molecule has 5 heteroatoms. The summed E-state index contributed by atoms with van der Waals surface area (Å²) in [5.74, 6) is -1.40. The van der Waals surface area contributed by atoms with Gasteiger partial charge in [-0.05, 0) is 25.0 Å². The van der Waals surface area contributed by atoms with Crippen molar-refractivity contribution in [1.29, 1.82) is 0 Å². The number of benzene rings is 1. The number of carboxylic acids is 1. The van der Waals surface area contributed by atoms with Crippen LogP contribution in [-0.2, 0) is 4.79 Å². The molecule has 0 radical (unpaired) electrons. The van der Waals surface area contributed by atoms with Crippen LogP contribution >= 0.6 is 0 Å². The second-order valence-electron chi connectivity index (χ2n) is 5.30. The molecule has 108 valence electrons. The van der Waals surface area contributed by atoms with E-state index < -0.39 is 11.9 Å². The first-order valence-corrected chi connectivity index (χ1v) is 7.02. The largest absolute Gasteiger partial charge is 0.481 e. The zero-order valence-electron chi connectivity index (χ0n) is 11.5. The van der Waals surface area contributed by atoms with Crippen molar-refractivity contribution in [2.24, 2.45) is 5.92 Å². The SMILES string of the molecule is O=C(O)[C@H]1CCCN(C(=O)c2ccnc3ccccc23)C1. The van der Waals surface area contributed by atoms with Crippen molar-refractivity contribution >= 4 is 22.8 Å². The third kappa shape index (κ3) is 2.59. The molecule has 1 amide bonds. The van der Waals surface area contributed by atoms with E-state index in [1.807, 2.05) is 24.3 Å². The molecule has 1 aromatic carbocycles. The molecule has 1 aromatic heterocycles. The molecule has 0 spiro atoms. The molecule has 2 aromatic rings. The smallest absolute Gasteiger partial charge is 0.308 e. The van der Waals surface area contributed by atoms with Crippen molar-refractivity contribution in [2.45, 2.75) is 12.8 Å². The van der Waals surface area contributed by atoms with E-state index in [4.69, 9.17) is 5.11 Å². The Morgan fingerprint density at radius 3 is 2.86 bits per heavy atom. The lowest BCUT2D eigenvalue weighted by Crippen LogP contribution is -2.42. The Morgan fingerprint density at radius 1 is 1.24 bits per heavy atom. The monoisotopic (exact) mass is 284 g/mol. The van der Waals surface area contributed by atoms with Crippen molar-refractivity contribution < 1.29 is 14.7 Å². The van der Waals surface area contributed by atoms with Crippen molar-refractivity contribution in [3.8, 4) is 0 Å². The molecule has 0 saturated carbocycles. The Morgan fingerprint density at radius 2 is 2.05 bits per heavy atom. The van der Waals surface area contributed by atoms with E-state index in [0.717, 1.165) is 17.3 Å². The number of carbonyl (C=O) groups is 2. The van der Waals surface area contributed by atoms with Crippen LogP contribution in [0.2, 0.25) is 0 Å². The first kappa shape index (κ1) is 13.5. The maximum absolute atomic E-state index is 12.7. The summed E-state index contributed by atoms with van der Waals surface area (Å²) < 4.78 is 0. The zero-order chi connectivity index (χ0) is 14.8. The van der Waals surface area contributed by atoms with Gasteiger partial charge in [-0.15, -0.1) is 0 Å². The van der Waals surface area contributed by atoms with Crippen molar-refractivity contribution in [2.75, 3.05) is 13.1 Å². The summed E-state index contributed by atoms with van der Waals surface area (Å²) in [7, 11) is 0. The number of para-hydroxylation sites is 1. The molecular formula is C16H16N2O3. The highest BCUT2D eigenvalue weighted by Crippen LogP contribution is 2.22. The van der Waals surface area contributed by atoms with Gasteiger partial charge < -0.3 is 10.0 Å². The summed E-state index contributed by atoms with van der Waals surface area (Å²) in [5.41, 5.74) is 1.36. The van der Waals surface area contributed by atoms with E-state index in [0.29, 0.717) is 18.5 Å². The summed E-state index contributed by atoms with van der Waals surface area (Å²) in [6, 6.07) is 9.19. The fourth-order valence-electron chi connectivity index (χ4n) is 2.82. The summed E-state index contributed by atoms with van der Waals surface area (Å²) in [6.07, 6.45) is 2.98. The number of nitrogens with zero attached hydrogens (tertiary/aromatic N) is 2. The standard InChI is InChI=1S/C16H16N2O3/c19-15(18-9-3-4-11(10-18)16(20)21)13-7-8-17-14-6-2-1-5-12(13)14/h1-2,5-8,11H,3-4,9-10H2,(H,20,21)/t11-/m0/s1. The number of hydrogen-bond acceptors (Lipinski definition) is 3. The van der Waals surface area contributed by atoms with E-state index in [1.165, 1.54) is 0 Å². The van der Waals surface area contributed by atoms with Crippen LogP contribution in [0.5, 0.6) is 0 Å². The maximum Gasteiger partial charge on any atom is 0.308 e. The molecule has 1 fully saturated rings. The van der Waals surface area contributed by atoms with Gasteiger partial charge in [0.15, 0.2) is 0 Å². The van der Waals surface area contributed by atoms with Crippen LogP contribution in [0.25, 0.3) is 10.9 Å². The third-order valence-electron chi connectivity index (χ3n) is 3.94. The lowest BCUT2D eigenvalue weighted by molar-refractivity contribution is -0.143. The summed E-state index contributed by atoms with van der Waals surface area (Å²) in [4.78, 5) is 29.7. The number of fused-ring (bicyclic) bond motifs is 1. The number of aliphatic carboxylic acids is 1. The quantitative estimate of drug-likeness (QED) is 0.917. The van der Waals surface area contributed by atoms with Gasteiger partial charge in [-0.2, -0.15) is 0 Å². The molecule has 1 atom stereocenters. The Kier molecular flexibility index (Phi) is 3.56. The van der Waals surface area contributed by atoms with Gasteiger partial charge in [-0.3, -0.25) is 14.6 Å². The van der Waals surface area contributed by atoms with Crippen LogP contribution in [0.3, 0.4) is 0 Å². The van der Waals surface area contributed by atoms with Crippen LogP contribution in [0.1, 0.15) is 23.2 Å². The topological polar surface area (TPSA) is 70.5 Å². The highest BCUT2D eigenvalue weighted by molar-refractivity contribution is 6.06. The Hall–Kier alpha value is -2.43. The van der Waals surface area contributed by atoms with Crippen molar-refractivity contribution in [3.05, 3.63) is 42.1 Å². The first-order chi connectivity index (χ1) is 10.2. The van der Waals surface area contributed by atoms with Gasteiger partial charge in [0.2, 0.25) is 0 Å². The van der Waals surface area contributed by atoms with Crippen LogP contribution in [0.15, 0.2) is 36.5 Å². The Balaban J connectivity index is 1.92. The molecular weight excluding hydrogens is 268 g/mol. The number of piperidine rings is 1. The minimum absolute atomic E-state index is 0.112. The number of likely N-dealkylation sites (tertiary alicyclic amines) is 1. The van der Waals surface area contributed by atoms with Crippen LogP contribution in [-0.4, -0.2) is 40.0 Å². The lowest BCUT2D eigenvalue weighted by atomic mass is 9.97. The molecule has 0 unspecified atom stereocenters. The molecule has 0 aliphatic carbocycles. The molecule has 1 N–H and O–H groups in total. The molecule has 21 heavy (non-hydrogen) atoms. The van der Waals surface area contributed by atoms with E-state index in [1.54, 1.807) is 17.2 Å². The predicted molar refractivity (Wildman–Crippen MR) is 78.0 cm³/mol. The zero-order valence-corrected chi connectivity index (χ0v) is 11.5. The van der Waals surface area contributed by atoms with Gasteiger partial charge in [0, 0.05) is 24.7 Å². The number of carboxylic acid groups (broad SMARTS) is 1. The molecule has 1 aliphatic rings.